The van der Waals surface area contributed by atoms with E-state index in [-0.39, 0.29) is 29.7 Å². The molecule has 2 aromatic heterocycles. The Labute approximate surface area is 257 Å². The van der Waals surface area contributed by atoms with Gasteiger partial charge >= 0.3 is 0 Å². The summed E-state index contributed by atoms with van der Waals surface area (Å²) >= 11 is 0. The maximum Gasteiger partial charge on any atom is 0.262 e. The van der Waals surface area contributed by atoms with Gasteiger partial charge in [-0.05, 0) is 49.2 Å². The molecule has 2 atom stereocenters. The number of methoxy groups -OCH3 is 2. The minimum absolute atomic E-state index is 0.0600. The highest BCUT2D eigenvalue weighted by molar-refractivity contribution is 7.89. The number of nitrogens with zero attached hydrogens (tertiary/aromatic N) is 5. The molecule has 0 bridgehead atoms. The van der Waals surface area contributed by atoms with Crippen LogP contribution in [0.5, 0.6) is 11.5 Å². The highest BCUT2D eigenvalue weighted by Crippen LogP contribution is 2.22. The first-order valence-electron chi connectivity index (χ1n) is 13.4. The highest BCUT2D eigenvalue weighted by atomic mass is 32.2. The Hall–Kier alpha value is -3.80. The molecule has 0 saturated heterocycles. The maximum absolute atomic E-state index is 13.4. The number of hydrogen-bond donors (Lipinski definition) is 3. The molecule has 0 aliphatic rings. The van der Waals surface area contributed by atoms with E-state index in [2.05, 4.69) is 9.97 Å². The van der Waals surface area contributed by atoms with Crippen LogP contribution in [0.4, 0.5) is 0 Å². The zero-order chi connectivity index (χ0) is 32.5. The second-order valence-corrected chi connectivity index (χ2v) is 13.4. The number of benzene rings is 2. The SMILES string of the molecule is COc1ccc(CN(Cc2ccc(OC)cc2)S(=O)(=O)c2cn(C[C@H](C)O)cn2)cc1.C[C@H](O)Cn1cnc(S(N)(=O)=O)c1. The van der Waals surface area contributed by atoms with Gasteiger partial charge in [0.2, 0.25) is 0 Å². The fraction of sp³-hybridized carbons (Fsp3) is 0.357. The summed E-state index contributed by atoms with van der Waals surface area (Å²) in [5.41, 5.74) is 1.64. The second kappa shape index (κ2) is 15.3. The highest BCUT2D eigenvalue weighted by Gasteiger charge is 2.27. The number of nitrogens with two attached hydrogens (primary N) is 1. The number of aliphatic hydroxyl groups is 2. The summed E-state index contributed by atoms with van der Waals surface area (Å²) in [5.74, 6) is 1.40. The predicted octanol–water partition coefficient (Wildman–Crippen LogP) is 1.58. The van der Waals surface area contributed by atoms with E-state index in [1.807, 2.05) is 24.3 Å². The average Bonchev–Trinajstić information content (AvgIpc) is 3.63. The monoisotopic (exact) mass is 650 g/mol. The molecule has 2 heterocycles. The van der Waals surface area contributed by atoms with Crippen molar-refractivity contribution in [2.75, 3.05) is 14.2 Å². The van der Waals surface area contributed by atoms with Gasteiger partial charge in [0, 0.05) is 38.6 Å². The molecule has 4 aromatic rings. The molecular formula is C28H38N6O8S2. The molecule has 0 aliphatic heterocycles. The molecule has 0 fully saturated rings. The van der Waals surface area contributed by atoms with E-state index in [0.717, 1.165) is 11.1 Å². The minimum Gasteiger partial charge on any atom is -0.497 e. The number of primary sulfonamides is 1. The van der Waals surface area contributed by atoms with Gasteiger partial charge in [-0.25, -0.2) is 31.9 Å². The summed E-state index contributed by atoms with van der Waals surface area (Å²) in [4.78, 5) is 7.66. The van der Waals surface area contributed by atoms with Crippen molar-refractivity contribution in [1.82, 2.24) is 23.4 Å². The van der Waals surface area contributed by atoms with Crippen LogP contribution in [0.25, 0.3) is 0 Å². The summed E-state index contributed by atoms with van der Waals surface area (Å²) in [6, 6.07) is 14.5. The fourth-order valence-electron chi connectivity index (χ4n) is 4.00. The minimum atomic E-state index is -3.89. The smallest absolute Gasteiger partial charge is 0.262 e. The van der Waals surface area contributed by atoms with Crippen LogP contribution in [0.3, 0.4) is 0 Å². The molecule has 0 spiro atoms. The van der Waals surface area contributed by atoms with Gasteiger partial charge < -0.3 is 28.8 Å². The number of rotatable bonds is 13. The third-order valence-corrected chi connectivity index (χ3v) is 8.57. The van der Waals surface area contributed by atoms with Gasteiger partial charge in [0.25, 0.3) is 20.0 Å². The van der Waals surface area contributed by atoms with Gasteiger partial charge in [-0.3, -0.25) is 0 Å². The lowest BCUT2D eigenvalue weighted by Crippen LogP contribution is -2.30. The van der Waals surface area contributed by atoms with Crippen LogP contribution in [-0.4, -0.2) is 76.9 Å². The average molecular weight is 651 g/mol. The topological polar surface area (TPSA) is 192 Å². The van der Waals surface area contributed by atoms with E-state index in [1.165, 1.54) is 33.9 Å². The van der Waals surface area contributed by atoms with Crippen molar-refractivity contribution in [3.05, 3.63) is 84.7 Å². The molecule has 44 heavy (non-hydrogen) atoms. The van der Waals surface area contributed by atoms with E-state index in [4.69, 9.17) is 19.7 Å². The Kier molecular flexibility index (Phi) is 12.0. The predicted molar refractivity (Wildman–Crippen MR) is 162 cm³/mol. The number of ether oxygens (including phenoxy) is 2. The number of sulfonamides is 2. The third-order valence-electron chi connectivity index (χ3n) is 6.10. The van der Waals surface area contributed by atoms with Crippen molar-refractivity contribution in [1.29, 1.82) is 0 Å². The molecule has 0 aliphatic carbocycles. The Morgan fingerprint density at radius 2 is 1.14 bits per heavy atom. The first kappa shape index (κ1) is 34.7. The van der Waals surface area contributed by atoms with E-state index in [9.17, 15) is 21.9 Å². The van der Waals surface area contributed by atoms with Crippen LogP contribution in [0.2, 0.25) is 0 Å². The summed E-state index contributed by atoms with van der Waals surface area (Å²) in [6.07, 6.45) is 4.28. The summed E-state index contributed by atoms with van der Waals surface area (Å²) in [7, 11) is -4.45. The normalized spacial score (nSPS) is 13.2. The van der Waals surface area contributed by atoms with Crippen LogP contribution in [-0.2, 0) is 46.2 Å². The van der Waals surface area contributed by atoms with Gasteiger partial charge in [0.1, 0.15) is 11.5 Å². The molecule has 240 valence electrons. The van der Waals surface area contributed by atoms with Crippen LogP contribution < -0.4 is 14.6 Å². The molecule has 16 heteroatoms. The second-order valence-electron chi connectivity index (χ2n) is 10.0. The Bertz CT molecular complexity index is 1630. The van der Waals surface area contributed by atoms with Crippen LogP contribution >= 0.6 is 0 Å². The zero-order valence-electron chi connectivity index (χ0n) is 24.9. The Morgan fingerprint density at radius 3 is 1.48 bits per heavy atom. The van der Waals surface area contributed by atoms with Crippen molar-refractivity contribution in [2.45, 2.75) is 62.3 Å². The lowest BCUT2D eigenvalue weighted by molar-refractivity contribution is 0.173. The molecule has 0 unspecified atom stereocenters. The van der Waals surface area contributed by atoms with Crippen molar-refractivity contribution in [3.8, 4) is 11.5 Å². The molecule has 2 aromatic carbocycles. The molecule has 0 amide bonds. The quantitative estimate of drug-likeness (QED) is 0.191. The van der Waals surface area contributed by atoms with Crippen molar-refractivity contribution >= 4 is 20.0 Å². The molecule has 4 rings (SSSR count). The molecular weight excluding hydrogens is 612 g/mol. The molecule has 4 N–H and O–H groups in total. The van der Waals surface area contributed by atoms with E-state index in [1.54, 1.807) is 56.9 Å². The van der Waals surface area contributed by atoms with E-state index < -0.39 is 32.3 Å². The fourth-order valence-corrected chi connectivity index (χ4v) is 5.82. The van der Waals surface area contributed by atoms with E-state index >= 15 is 0 Å². The number of imidazole rings is 2. The number of aromatic nitrogens is 4. The molecule has 14 nitrogen and oxygen atoms in total. The van der Waals surface area contributed by atoms with Gasteiger partial charge in [-0.2, -0.15) is 4.31 Å². The van der Waals surface area contributed by atoms with Crippen LogP contribution in [0, 0.1) is 0 Å². The standard InChI is InChI=1S/C22H27N3O5S.C6H11N3O3S/c1-17(26)12-24-15-22(23-16-24)31(27,28)25(13-18-4-8-20(29-2)9-5-18)14-19-6-10-21(30-3)11-7-19;1-5(10)2-9-3-6(8-4-9)13(7,11)12/h4-11,15-17,26H,12-14H2,1-3H3;3-5,10H,2H2,1H3,(H2,7,11,12)/t17-;5-/m00/s1. The first-order chi connectivity index (χ1) is 20.7. The van der Waals surface area contributed by atoms with Gasteiger partial charge in [0.05, 0.1) is 39.1 Å². The lowest BCUT2D eigenvalue weighted by atomic mass is 10.2. The summed E-state index contributed by atoms with van der Waals surface area (Å²) in [6.45, 7) is 4.12. The van der Waals surface area contributed by atoms with Crippen molar-refractivity contribution < 1.29 is 36.5 Å². The van der Waals surface area contributed by atoms with Crippen LogP contribution in [0.1, 0.15) is 25.0 Å². The number of hydrogen-bond acceptors (Lipinski definition) is 10. The largest absolute Gasteiger partial charge is 0.497 e. The first-order valence-corrected chi connectivity index (χ1v) is 16.4. The third kappa shape index (κ3) is 10.1. The Balaban J connectivity index is 0.000000340. The molecule has 0 radical (unpaired) electrons. The van der Waals surface area contributed by atoms with Gasteiger partial charge in [-0.15, -0.1) is 0 Å². The summed E-state index contributed by atoms with van der Waals surface area (Å²) < 4.78 is 63.2. The van der Waals surface area contributed by atoms with Gasteiger partial charge in [0.15, 0.2) is 10.1 Å². The van der Waals surface area contributed by atoms with Crippen molar-refractivity contribution in [2.24, 2.45) is 5.14 Å². The van der Waals surface area contributed by atoms with E-state index in [0.29, 0.717) is 18.0 Å². The maximum atomic E-state index is 13.4. The van der Waals surface area contributed by atoms with Crippen LogP contribution in [0.15, 0.2) is 83.6 Å². The summed E-state index contributed by atoms with van der Waals surface area (Å²) in [5, 5.41) is 23.1. The molecule has 0 saturated carbocycles. The van der Waals surface area contributed by atoms with Crippen molar-refractivity contribution in [3.63, 3.8) is 0 Å². The van der Waals surface area contributed by atoms with Gasteiger partial charge in [-0.1, -0.05) is 24.3 Å². The lowest BCUT2D eigenvalue weighted by Gasteiger charge is -2.21. The zero-order valence-corrected chi connectivity index (χ0v) is 26.5. The number of aliphatic hydroxyl groups excluding tert-OH is 2. The Morgan fingerprint density at radius 1 is 0.750 bits per heavy atom.